The fraction of sp³-hybridized carbons (Fsp3) is 0.643. The molecule has 8 heteroatoms. The maximum atomic E-state index is 12.1. The van der Waals surface area contributed by atoms with Gasteiger partial charge in [0, 0.05) is 19.1 Å². The molecule has 0 aromatic carbocycles. The summed E-state index contributed by atoms with van der Waals surface area (Å²) in [4.78, 5) is 14.2. The Morgan fingerprint density at radius 1 is 1.18 bits per heavy atom. The Morgan fingerprint density at radius 2 is 1.95 bits per heavy atom. The van der Waals surface area contributed by atoms with E-state index in [1.165, 1.54) is 6.42 Å². The lowest BCUT2D eigenvalue weighted by atomic mass is 10.1. The van der Waals surface area contributed by atoms with E-state index in [0.29, 0.717) is 6.42 Å². The minimum absolute atomic E-state index is 0.0119. The summed E-state index contributed by atoms with van der Waals surface area (Å²) in [5.74, 6) is 0.578. The Labute approximate surface area is 130 Å². The van der Waals surface area contributed by atoms with E-state index in [-0.39, 0.29) is 29.1 Å². The Morgan fingerprint density at radius 3 is 2.55 bits per heavy atom. The molecule has 3 rings (SSSR count). The fourth-order valence-corrected chi connectivity index (χ4v) is 4.58. The van der Waals surface area contributed by atoms with Gasteiger partial charge in [-0.15, -0.1) is 10.2 Å². The maximum Gasteiger partial charge on any atom is 0.272 e. The first-order valence-electron chi connectivity index (χ1n) is 7.63. The molecule has 2 saturated heterocycles. The standard InChI is InChI=1S/C14H20N4O3S/c19-14(15-11-6-9-22(20,21)10-11)12-4-5-13(17-16-12)18-7-2-1-3-8-18/h4-5,11H,1-3,6-10H2,(H,15,19). The molecule has 0 aliphatic carbocycles. The number of hydrogen-bond donors (Lipinski definition) is 1. The summed E-state index contributed by atoms with van der Waals surface area (Å²) in [5.41, 5.74) is 0.227. The third kappa shape index (κ3) is 3.55. The monoisotopic (exact) mass is 324 g/mol. The summed E-state index contributed by atoms with van der Waals surface area (Å²) in [6.45, 7) is 1.94. The smallest absolute Gasteiger partial charge is 0.272 e. The van der Waals surface area contributed by atoms with Crippen LogP contribution in [-0.4, -0.2) is 55.2 Å². The summed E-state index contributed by atoms with van der Waals surface area (Å²) >= 11 is 0. The molecule has 1 N–H and O–H groups in total. The van der Waals surface area contributed by atoms with Crippen molar-refractivity contribution < 1.29 is 13.2 Å². The molecule has 7 nitrogen and oxygen atoms in total. The third-order valence-corrected chi connectivity index (χ3v) is 5.90. The summed E-state index contributed by atoms with van der Waals surface area (Å²) in [6.07, 6.45) is 4.02. The van der Waals surface area contributed by atoms with Crippen LogP contribution in [0.5, 0.6) is 0 Å². The first-order chi connectivity index (χ1) is 10.5. The molecule has 0 spiro atoms. The lowest BCUT2D eigenvalue weighted by Gasteiger charge is -2.27. The van der Waals surface area contributed by atoms with Gasteiger partial charge in [-0.25, -0.2) is 8.42 Å². The molecule has 1 atom stereocenters. The highest BCUT2D eigenvalue weighted by molar-refractivity contribution is 7.91. The summed E-state index contributed by atoms with van der Waals surface area (Å²) < 4.78 is 22.8. The van der Waals surface area contributed by atoms with Crippen molar-refractivity contribution in [3.63, 3.8) is 0 Å². The van der Waals surface area contributed by atoms with Gasteiger partial charge in [-0.3, -0.25) is 4.79 Å². The molecule has 1 unspecified atom stereocenters. The van der Waals surface area contributed by atoms with Crippen molar-refractivity contribution in [2.75, 3.05) is 29.5 Å². The second-order valence-corrected chi connectivity index (χ2v) is 8.13. The summed E-state index contributed by atoms with van der Waals surface area (Å²) in [5, 5.41) is 10.8. The maximum absolute atomic E-state index is 12.1. The van der Waals surface area contributed by atoms with Crippen molar-refractivity contribution >= 4 is 21.6 Å². The van der Waals surface area contributed by atoms with Gasteiger partial charge in [0.1, 0.15) is 0 Å². The Bertz CT molecular complexity index is 639. The minimum Gasteiger partial charge on any atom is -0.355 e. The van der Waals surface area contributed by atoms with Crippen LogP contribution in [0.1, 0.15) is 36.2 Å². The van der Waals surface area contributed by atoms with Crippen LogP contribution < -0.4 is 10.2 Å². The number of anilines is 1. The van der Waals surface area contributed by atoms with E-state index in [0.717, 1.165) is 31.7 Å². The van der Waals surface area contributed by atoms with Gasteiger partial charge in [0.05, 0.1) is 11.5 Å². The highest BCUT2D eigenvalue weighted by atomic mass is 32.2. The van der Waals surface area contributed by atoms with Crippen LogP contribution in [0, 0.1) is 0 Å². The molecule has 22 heavy (non-hydrogen) atoms. The average molecular weight is 324 g/mol. The van der Waals surface area contributed by atoms with Crippen molar-refractivity contribution in [2.24, 2.45) is 0 Å². The first kappa shape index (κ1) is 15.2. The van der Waals surface area contributed by atoms with Crippen molar-refractivity contribution in [1.29, 1.82) is 0 Å². The normalized spacial score (nSPS) is 24.2. The number of hydrogen-bond acceptors (Lipinski definition) is 6. The molecule has 0 radical (unpaired) electrons. The number of sulfone groups is 1. The number of nitrogens with one attached hydrogen (secondary N) is 1. The predicted octanol–water partition coefficient (Wildman–Crippen LogP) is 0.384. The molecule has 1 amide bonds. The zero-order chi connectivity index (χ0) is 15.6. The van der Waals surface area contributed by atoms with Gasteiger partial charge in [-0.2, -0.15) is 0 Å². The average Bonchev–Trinajstić information content (AvgIpc) is 2.87. The van der Waals surface area contributed by atoms with Gasteiger partial charge in [0.25, 0.3) is 5.91 Å². The summed E-state index contributed by atoms with van der Waals surface area (Å²) in [7, 11) is -3.00. The Hall–Kier alpha value is -1.70. The zero-order valence-corrected chi connectivity index (χ0v) is 13.2. The Balaban J connectivity index is 1.61. The Kier molecular flexibility index (Phi) is 4.28. The second kappa shape index (κ2) is 6.20. The van der Waals surface area contributed by atoms with E-state index in [9.17, 15) is 13.2 Å². The molecular weight excluding hydrogens is 304 g/mol. The van der Waals surface area contributed by atoms with Crippen molar-refractivity contribution in [3.8, 4) is 0 Å². The number of carbonyl (C=O) groups excluding carboxylic acids is 1. The molecular formula is C14H20N4O3S. The number of amides is 1. The lowest BCUT2D eigenvalue weighted by Crippen LogP contribution is -2.36. The number of nitrogens with zero attached hydrogens (tertiary/aromatic N) is 3. The van der Waals surface area contributed by atoms with Crippen LogP contribution in [0.2, 0.25) is 0 Å². The highest BCUT2D eigenvalue weighted by Gasteiger charge is 2.29. The zero-order valence-electron chi connectivity index (χ0n) is 12.4. The van der Waals surface area contributed by atoms with E-state index >= 15 is 0 Å². The van der Waals surface area contributed by atoms with E-state index in [4.69, 9.17) is 0 Å². The molecule has 0 bridgehead atoms. The topological polar surface area (TPSA) is 92.3 Å². The van der Waals surface area contributed by atoms with E-state index in [1.54, 1.807) is 12.1 Å². The van der Waals surface area contributed by atoms with Gasteiger partial charge in [0.2, 0.25) is 0 Å². The predicted molar refractivity (Wildman–Crippen MR) is 82.6 cm³/mol. The van der Waals surface area contributed by atoms with E-state index in [1.807, 2.05) is 0 Å². The molecule has 1 aromatic heterocycles. The largest absolute Gasteiger partial charge is 0.355 e. The lowest BCUT2D eigenvalue weighted by molar-refractivity contribution is 0.0935. The van der Waals surface area contributed by atoms with Gasteiger partial charge < -0.3 is 10.2 Å². The van der Waals surface area contributed by atoms with Crippen LogP contribution in [0.25, 0.3) is 0 Å². The van der Waals surface area contributed by atoms with Crippen LogP contribution in [0.4, 0.5) is 5.82 Å². The molecule has 1 aromatic rings. The highest BCUT2D eigenvalue weighted by Crippen LogP contribution is 2.17. The number of rotatable bonds is 3. The third-order valence-electron chi connectivity index (χ3n) is 4.13. The van der Waals surface area contributed by atoms with Gasteiger partial charge in [0.15, 0.2) is 21.3 Å². The quantitative estimate of drug-likeness (QED) is 0.864. The SMILES string of the molecule is O=C(NC1CCS(=O)(=O)C1)c1ccc(N2CCCCC2)nn1. The second-order valence-electron chi connectivity index (χ2n) is 5.90. The van der Waals surface area contributed by atoms with E-state index in [2.05, 4.69) is 20.4 Å². The van der Waals surface area contributed by atoms with Gasteiger partial charge >= 0.3 is 0 Å². The molecule has 2 aliphatic heterocycles. The number of piperidine rings is 1. The van der Waals surface area contributed by atoms with Crippen LogP contribution in [-0.2, 0) is 9.84 Å². The molecule has 2 aliphatic rings. The number of aromatic nitrogens is 2. The van der Waals surface area contributed by atoms with Crippen molar-refractivity contribution in [1.82, 2.24) is 15.5 Å². The van der Waals surface area contributed by atoms with Crippen LogP contribution in [0.3, 0.4) is 0 Å². The van der Waals surface area contributed by atoms with Gasteiger partial charge in [-0.05, 0) is 37.8 Å². The van der Waals surface area contributed by atoms with Crippen molar-refractivity contribution in [3.05, 3.63) is 17.8 Å². The fourth-order valence-electron chi connectivity index (χ4n) is 2.91. The molecule has 120 valence electrons. The molecule has 2 fully saturated rings. The van der Waals surface area contributed by atoms with Crippen LogP contribution >= 0.6 is 0 Å². The van der Waals surface area contributed by atoms with Crippen molar-refractivity contribution in [2.45, 2.75) is 31.7 Å². The number of carbonyl (C=O) groups is 1. The molecule has 0 saturated carbocycles. The molecule has 3 heterocycles. The van der Waals surface area contributed by atoms with Gasteiger partial charge in [-0.1, -0.05) is 0 Å². The minimum atomic E-state index is -3.00. The summed E-state index contributed by atoms with van der Waals surface area (Å²) in [6, 6.07) is 3.13. The van der Waals surface area contributed by atoms with Crippen LogP contribution in [0.15, 0.2) is 12.1 Å². The first-order valence-corrected chi connectivity index (χ1v) is 9.46. The van der Waals surface area contributed by atoms with E-state index < -0.39 is 9.84 Å².